The number of rotatable bonds is 4. The molecule has 2 aromatic rings. The molecule has 26 heavy (non-hydrogen) atoms. The fourth-order valence-electron chi connectivity index (χ4n) is 3.36. The van der Waals surface area contributed by atoms with Crippen LogP contribution in [-0.4, -0.2) is 33.7 Å². The van der Waals surface area contributed by atoms with Crippen LogP contribution in [0.25, 0.3) is 0 Å². The summed E-state index contributed by atoms with van der Waals surface area (Å²) in [5.41, 5.74) is 1.01. The standard InChI is InChI=1S/C19H21F2N3O2/c1-23-18(25)3-2-17(22-23)12-19(26)24-6-4-13(5-7-24)8-14-9-15(20)11-16(21)10-14/h2-3,9-11,13H,4-8,12H2,1H3. The topological polar surface area (TPSA) is 55.2 Å². The SMILES string of the molecule is Cn1nc(CC(=O)N2CCC(Cc3cc(F)cc(F)c3)CC2)ccc1=O. The third-order valence-corrected chi connectivity index (χ3v) is 4.76. The van der Waals surface area contributed by atoms with Gasteiger partial charge in [0.15, 0.2) is 0 Å². The number of carbonyl (C=O) groups excluding carboxylic acids is 1. The van der Waals surface area contributed by atoms with Gasteiger partial charge in [0.05, 0.1) is 12.1 Å². The molecule has 0 bridgehead atoms. The molecule has 2 heterocycles. The molecule has 0 N–H and O–H groups in total. The summed E-state index contributed by atoms with van der Waals surface area (Å²) in [6.07, 6.45) is 2.36. The highest BCUT2D eigenvalue weighted by molar-refractivity contribution is 5.78. The average Bonchev–Trinajstić information content (AvgIpc) is 2.58. The molecule has 1 aliphatic heterocycles. The second-order valence-electron chi connectivity index (χ2n) is 6.77. The Morgan fingerprint density at radius 1 is 1.15 bits per heavy atom. The van der Waals surface area contributed by atoms with Crippen molar-refractivity contribution in [3.63, 3.8) is 0 Å². The van der Waals surface area contributed by atoms with Crippen LogP contribution in [0.2, 0.25) is 0 Å². The van der Waals surface area contributed by atoms with E-state index in [1.165, 1.54) is 22.9 Å². The summed E-state index contributed by atoms with van der Waals surface area (Å²) < 4.78 is 27.8. The van der Waals surface area contributed by atoms with Gasteiger partial charge in [0, 0.05) is 32.3 Å². The van der Waals surface area contributed by atoms with E-state index in [0.29, 0.717) is 36.7 Å². The van der Waals surface area contributed by atoms with Gasteiger partial charge in [0.25, 0.3) is 5.56 Å². The Bertz CT molecular complexity index is 838. The second-order valence-corrected chi connectivity index (χ2v) is 6.77. The van der Waals surface area contributed by atoms with Gasteiger partial charge in [-0.25, -0.2) is 13.5 Å². The first-order chi connectivity index (χ1) is 12.4. The summed E-state index contributed by atoms with van der Waals surface area (Å²) in [4.78, 5) is 25.5. The number of piperidine rings is 1. The minimum atomic E-state index is -0.558. The van der Waals surface area contributed by atoms with Gasteiger partial charge in [-0.1, -0.05) is 0 Å². The van der Waals surface area contributed by atoms with Gasteiger partial charge >= 0.3 is 0 Å². The van der Waals surface area contributed by atoms with E-state index >= 15 is 0 Å². The lowest BCUT2D eigenvalue weighted by Gasteiger charge is -2.32. The van der Waals surface area contributed by atoms with E-state index in [9.17, 15) is 18.4 Å². The number of aryl methyl sites for hydroxylation is 1. The van der Waals surface area contributed by atoms with E-state index in [1.807, 2.05) is 0 Å². The summed E-state index contributed by atoms with van der Waals surface area (Å²) >= 11 is 0. The van der Waals surface area contributed by atoms with Crippen LogP contribution >= 0.6 is 0 Å². The van der Waals surface area contributed by atoms with Crippen molar-refractivity contribution in [1.29, 1.82) is 0 Å². The second kappa shape index (κ2) is 7.76. The maximum absolute atomic E-state index is 13.3. The minimum Gasteiger partial charge on any atom is -0.342 e. The summed E-state index contributed by atoms with van der Waals surface area (Å²) in [7, 11) is 1.55. The summed E-state index contributed by atoms with van der Waals surface area (Å²) in [5.74, 6) is -0.836. The molecule has 0 aliphatic carbocycles. The lowest BCUT2D eigenvalue weighted by Crippen LogP contribution is -2.40. The highest BCUT2D eigenvalue weighted by Gasteiger charge is 2.23. The van der Waals surface area contributed by atoms with Crippen molar-refractivity contribution < 1.29 is 13.6 Å². The average molecular weight is 361 g/mol. The van der Waals surface area contributed by atoms with Crippen LogP contribution in [0.3, 0.4) is 0 Å². The van der Waals surface area contributed by atoms with Crippen molar-refractivity contribution in [3.05, 3.63) is 63.6 Å². The number of nitrogens with zero attached hydrogens (tertiary/aromatic N) is 3. The molecule has 7 heteroatoms. The van der Waals surface area contributed by atoms with Crippen LogP contribution in [0.5, 0.6) is 0 Å². The van der Waals surface area contributed by atoms with Gasteiger partial charge in [0.1, 0.15) is 11.6 Å². The van der Waals surface area contributed by atoms with Crippen LogP contribution in [0.15, 0.2) is 35.1 Å². The predicted octanol–water partition coefficient (Wildman–Crippen LogP) is 2.08. The molecule has 1 amide bonds. The molecule has 0 spiro atoms. The maximum Gasteiger partial charge on any atom is 0.266 e. The van der Waals surface area contributed by atoms with Crippen molar-refractivity contribution in [2.24, 2.45) is 13.0 Å². The zero-order chi connectivity index (χ0) is 18.7. The normalized spacial score (nSPS) is 15.3. The van der Waals surface area contributed by atoms with Gasteiger partial charge < -0.3 is 4.90 Å². The zero-order valence-electron chi connectivity index (χ0n) is 14.6. The van der Waals surface area contributed by atoms with E-state index < -0.39 is 11.6 Å². The van der Waals surface area contributed by atoms with E-state index in [1.54, 1.807) is 18.0 Å². The van der Waals surface area contributed by atoms with Gasteiger partial charge in [-0.2, -0.15) is 5.10 Å². The number of likely N-dealkylation sites (tertiary alicyclic amines) is 1. The van der Waals surface area contributed by atoms with Gasteiger partial charge in [-0.15, -0.1) is 0 Å². The van der Waals surface area contributed by atoms with Crippen molar-refractivity contribution in [2.45, 2.75) is 25.7 Å². The van der Waals surface area contributed by atoms with Gasteiger partial charge in [0.2, 0.25) is 5.91 Å². The Hall–Kier alpha value is -2.57. The summed E-state index contributed by atoms with van der Waals surface area (Å²) in [6, 6.07) is 6.58. The van der Waals surface area contributed by atoms with Crippen molar-refractivity contribution in [1.82, 2.24) is 14.7 Å². The Labute approximate surface area is 150 Å². The van der Waals surface area contributed by atoms with Gasteiger partial charge in [-0.3, -0.25) is 9.59 Å². The van der Waals surface area contributed by atoms with Crippen molar-refractivity contribution in [2.75, 3.05) is 13.1 Å². The number of hydrogen-bond acceptors (Lipinski definition) is 3. The van der Waals surface area contributed by atoms with Crippen molar-refractivity contribution >= 4 is 5.91 Å². The number of benzene rings is 1. The van der Waals surface area contributed by atoms with E-state index in [2.05, 4.69) is 5.10 Å². The molecule has 0 atom stereocenters. The smallest absolute Gasteiger partial charge is 0.266 e. The molecular formula is C19H21F2N3O2. The molecule has 1 aliphatic rings. The molecule has 5 nitrogen and oxygen atoms in total. The molecule has 0 radical (unpaired) electrons. The zero-order valence-corrected chi connectivity index (χ0v) is 14.6. The van der Waals surface area contributed by atoms with Crippen LogP contribution < -0.4 is 5.56 Å². The Kier molecular flexibility index (Phi) is 5.44. The Morgan fingerprint density at radius 2 is 1.81 bits per heavy atom. The maximum atomic E-state index is 13.3. The third kappa shape index (κ3) is 4.53. The number of aromatic nitrogens is 2. The minimum absolute atomic E-state index is 0.0219. The molecule has 1 fully saturated rings. The van der Waals surface area contributed by atoms with Crippen LogP contribution in [-0.2, 0) is 24.7 Å². The first kappa shape index (κ1) is 18.2. The lowest BCUT2D eigenvalue weighted by atomic mass is 9.90. The summed E-state index contributed by atoms with van der Waals surface area (Å²) in [5, 5.41) is 4.08. The number of hydrogen-bond donors (Lipinski definition) is 0. The molecule has 0 saturated carbocycles. The Morgan fingerprint density at radius 3 is 2.42 bits per heavy atom. The van der Waals surface area contributed by atoms with E-state index in [0.717, 1.165) is 18.9 Å². The molecule has 1 aromatic heterocycles. The highest BCUT2D eigenvalue weighted by atomic mass is 19.1. The van der Waals surface area contributed by atoms with E-state index in [-0.39, 0.29) is 17.9 Å². The van der Waals surface area contributed by atoms with Crippen LogP contribution in [0.4, 0.5) is 8.78 Å². The Balaban J connectivity index is 1.53. The largest absolute Gasteiger partial charge is 0.342 e. The third-order valence-electron chi connectivity index (χ3n) is 4.76. The predicted molar refractivity (Wildman–Crippen MR) is 92.5 cm³/mol. The van der Waals surface area contributed by atoms with Crippen LogP contribution in [0.1, 0.15) is 24.1 Å². The van der Waals surface area contributed by atoms with Crippen molar-refractivity contribution in [3.8, 4) is 0 Å². The summed E-state index contributed by atoms with van der Waals surface area (Å²) in [6.45, 7) is 1.24. The molecule has 1 aromatic carbocycles. The molecular weight excluding hydrogens is 340 g/mol. The molecule has 3 rings (SSSR count). The fraction of sp³-hybridized carbons (Fsp3) is 0.421. The number of amides is 1. The van der Waals surface area contributed by atoms with E-state index in [4.69, 9.17) is 0 Å². The highest BCUT2D eigenvalue weighted by Crippen LogP contribution is 2.23. The first-order valence-electron chi connectivity index (χ1n) is 8.66. The molecule has 138 valence electrons. The fourth-order valence-corrected chi connectivity index (χ4v) is 3.36. The first-order valence-corrected chi connectivity index (χ1v) is 8.66. The quantitative estimate of drug-likeness (QED) is 0.838. The lowest BCUT2D eigenvalue weighted by molar-refractivity contribution is -0.131. The number of carbonyl (C=O) groups is 1. The van der Waals surface area contributed by atoms with Crippen LogP contribution in [0, 0.1) is 17.6 Å². The molecule has 0 unspecified atom stereocenters. The number of halogens is 2. The monoisotopic (exact) mass is 361 g/mol. The molecule has 1 saturated heterocycles. The van der Waals surface area contributed by atoms with Gasteiger partial charge in [-0.05, 0) is 48.9 Å².